The molecule has 0 aliphatic rings. The molecule has 0 fully saturated rings. The van der Waals surface area contributed by atoms with Gasteiger partial charge in [0.2, 0.25) is 5.69 Å². The second kappa shape index (κ2) is 3.15. The SMILES string of the molecule is Cc1c(Cl)cccc1[N+](=O)[S-]. The maximum absolute atomic E-state index is 10.7. The van der Waals surface area contributed by atoms with E-state index in [1.165, 1.54) is 0 Å². The second-order valence-corrected chi connectivity index (χ2v) is 2.88. The third-order valence-electron chi connectivity index (χ3n) is 1.44. The van der Waals surface area contributed by atoms with Crippen LogP contribution in [0.15, 0.2) is 18.2 Å². The van der Waals surface area contributed by atoms with Crippen LogP contribution in [0.5, 0.6) is 0 Å². The Labute approximate surface area is 75.3 Å². The van der Waals surface area contributed by atoms with E-state index in [1.54, 1.807) is 25.1 Å². The number of hydrogen-bond donors (Lipinski definition) is 0. The Morgan fingerprint density at radius 2 is 2.18 bits per heavy atom. The highest BCUT2D eigenvalue weighted by Crippen LogP contribution is 2.24. The summed E-state index contributed by atoms with van der Waals surface area (Å²) in [6, 6.07) is 5.06. The molecule has 2 nitrogen and oxygen atoms in total. The minimum Gasteiger partial charge on any atom is -0.364 e. The first-order valence-electron chi connectivity index (χ1n) is 3.02. The molecular weight excluding hydrogens is 182 g/mol. The average molecular weight is 188 g/mol. The summed E-state index contributed by atoms with van der Waals surface area (Å²) in [5, 5.41) is 0.563. The van der Waals surface area contributed by atoms with Crippen LogP contribution in [-0.4, -0.2) is 4.17 Å². The Kier molecular flexibility index (Phi) is 2.42. The maximum atomic E-state index is 10.7. The van der Waals surface area contributed by atoms with Crippen LogP contribution in [0.2, 0.25) is 5.02 Å². The summed E-state index contributed by atoms with van der Waals surface area (Å²) in [5.41, 5.74) is 1.16. The number of benzene rings is 1. The molecule has 0 saturated carbocycles. The van der Waals surface area contributed by atoms with Gasteiger partial charge < -0.3 is 12.8 Å². The predicted molar refractivity (Wildman–Crippen MR) is 46.8 cm³/mol. The van der Waals surface area contributed by atoms with Gasteiger partial charge in [-0.2, -0.15) is 0 Å². The summed E-state index contributed by atoms with van der Waals surface area (Å²) in [4.78, 5) is 10.7. The molecule has 0 spiro atoms. The van der Waals surface area contributed by atoms with Gasteiger partial charge in [0, 0.05) is 16.5 Å². The van der Waals surface area contributed by atoms with Crippen molar-refractivity contribution in [2.45, 2.75) is 6.92 Å². The summed E-state index contributed by atoms with van der Waals surface area (Å²) >= 11 is 10.2. The van der Waals surface area contributed by atoms with E-state index in [2.05, 4.69) is 12.8 Å². The fourth-order valence-electron chi connectivity index (χ4n) is 0.794. The average Bonchev–Trinajstić information content (AvgIpc) is 1.94. The van der Waals surface area contributed by atoms with E-state index >= 15 is 0 Å². The molecule has 0 aromatic heterocycles. The standard InChI is InChI=1S/C7H6ClNOS/c1-5-6(8)3-2-4-7(5)9(10)11/h2-4H,1H3. The van der Waals surface area contributed by atoms with Crippen molar-refractivity contribution in [1.29, 1.82) is 0 Å². The van der Waals surface area contributed by atoms with Gasteiger partial charge in [0.15, 0.2) is 0 Å². The van der Waals surface area contributed by atoms with Gasteiger partial charge >= 0.3 is 0 Å². The monoisotopic (exact) mass is 187 g/mol. The Morgan fingerprint density at radius 1 is 1.55 bits per heavy atom. The van der Waals surface area contributed by atoms with Crippen LogP contribution >= 0.6 is 11.6 Å². The highest BCUT2D eigenvalue weighted by Gasteiger charge is 2.08. The first-order valence-corrected chi connectivity index (χ1v) is 3.76. The molecule has 0 aliphatic heterocycles. The van der Waals surface area contributed by atoms with Crippen LogP contribution in [0.3, 0.4) is 0 Å². The number of rotatable bonds is 1. The highest BCUT2D eigenvalue weighted by atomic mass is 35.5. The number of nitroso groups, excluding NO2 is 1. The lowest BCUT2D eigenvalue weighted by Crippen LogP contribution is -1.91. The fraction of sp³-hybridized carbons (Fsp3) is 0.143. The van der Waals surface area contributed by atoms with Gasteiger partial charge in [-0.25, -0.2) is 0 Å². The summed E-state index contributed by atoms with van der Waals surface area (Å²) in [6.07, 6.45) is 0. The molecule has 1 aromatic rings. The molecule has 0 atom stereocenters. The van der Waals surface area contributed by atoms with E-state index in [1.807, 2.05) is 0 Å². The highest BCUT2D eigenvalue weighted by molar-refractivity contribution is 7.51. The van der Waals surface area contributed by atoms with Crippen LogP contribution in [0.4, 0.5) is 5.69 Å². The lowest BCUT2D eigenvalue weighted by molar-refractivity contribution is -0.263. The molecule has 0 N–H and O–H groups in total. The van der Waals surface area contributed by atoms with E-state index < -0.39 is 0 Å². The van der Waals surface area contributed by atoms with E-state index in [4.69, 9.17) is 11.6 Å². The summed E-state index contributed by atoms with van der Waals surface area (Å²) in [7, 11) is 0. The van der Waals surface area contributed by atoms with Crippen molar-refractivity contribution >= 4 is 30.1 Å². The molecule has 1 rings (SSSR count). The molecule has 0 heterocycles. The number of halogens is 1. The molecule has 0 bridgehead atoms. The second-order valence-electron chi connectivity index (χ2n) is 2.14. The zero-order valence-electron chi connectivity index (χ0n) is 5.87. The molecule has 0 aliphatic carbocycles. The van der Waals surface area contributed by atoms with Gasteiger partial charge in [-0.05, 0) is 13.0 Å². The Hall–Kier alpha value is -0.670. The van der Waals surface area contributed by atoms with Crippen LogP contribution in [0.1, 0.15) is 5.56 Å². The predicted octanol–water partition coefficient (Wildman–Crippen LogP) is 2.52. The summed E-state index contributed by atoms with van der Waals surface area (Å²) < 4.78 is 0.390. The van der Waals surface area contributed by atoms with Crippen LogP contribution in [-0.2, 0) is 12.8 Å². The fourth-order valence-corrected chi connectivity index (χ4v) is 1.16. The van der Waals surface area contributed by atoms with Crippen molar-refractivity contribution in [3.8, 4) is 0 Å². The third kappa shape index (κ3) is 1.67. The van der Waals surface area contributed by atoms with E-state index in [-0.39, 0.29) is 0 Å². The van der Waals surface area contributed by atoms with Gasteiger partial charge in [-0.15, -0.1) is 0 Å². The van der Waals surface area contributed by atoms with Crippen molar-refractivity contribution in [1.82, 2.24) is 0 Å². The summed E-state index contributed by atoms with van der Waals surface area (Å²) in [5.74, 6) is 0. The first kappa shape index (κ1) is 8.43. The largest absolute Gasteiger partial charge is 0.364 e. The van der Waals surface area contributed by atoms with Crippen LogP contribution in [0, 0.1) is 11.8 Å². The molecule has 0 radical (unpaired) electrons. The molecule has 58 valence electrons. The lowest BCUT2D eigenvalue weighted by Gasteiger charge is -1.99. The molecule has 1 aromatic carbocycles. The van der Waals surface area contributed by atoms with Crippen molar-refractivity contribution < 1.29 is 4.17 Å². The normalized spacial score (nSPS) is 9.64. The van der Waals surface area contributed by atoms with Crippen molar-refractivity contribution in [2.75, 3.05) is 0 Å². The van der Waals surface area contributed by atoms with Crippen LogP contribution in [0.25, 0.3) is 0 Å². The van der Waals surface area contributed by atoms with Crippen molar-refractivity contribution in [3.63, 3.8) is 0 Å². The Morgan fingerprint density at radius 3 is 2.64 bits per heavy atom. The Balaban J connectivity index is 3.27. The van der Waals surface area contributed by atoms with Gasteiger partial charge in [-0.1, -0.05) is 21.8 Å². The molecular formula is C7H6ClNOS. The van der Waals surface area contributed by atoms with Crippen LogP contribution < -0.4 is 0 Å². The van der Waals surface area contributed by atoms with Gasteiger partial charge in [0.1, 0.15) is 0 Å². The minimum atomic E-state index is 0.390. The molecule has 4 heteroatoms. The molecule has 0 unspecified atom stereocenters. The number of nitrogens with zero attached hydrogens (tertiary/aromatic N) is 1. The minimum absolute atomic E-state index is 0.390. The third-order valence-corrected chi connectivity index (χ3v) is 2.04. The molecule has 0 saturated heterocycles. The molecule has 0 amide bonds. The van der Waals surface area contributed by atoms with E-state index in [0.717, 1.165) is 5.56 Å². The lowest BCUT2D eigenvalue weighted by atomic mass is 10.2. The maximum Gasteiger partial charge on any atom is 0.242 e. The van der Waals surface area contributed by atoms with Gasteiger partial charge in [0.05, 0.1) is 5.02 Å². The topological polar surface area (TPSA) is 20.1 Å². The zero-order valence-corrected chi connectivity index (χ0v) is 7.45. The first-order chi connectivity index (χ1) is 5.13. The quantitative estimate of drug-likeness (QED) is 0.498. The van der Waals surface area contributed by atoms with E-state index in [9.17, 15) is 4.91 Å². The van der Waals surface area contributed by atoms with Gasteiger partial charge in [-0.3, -0.25) is 0 Å². The van der Waals surface area contributed by atoms with Crippen molar-refractivity contribution in [2.24, 2.45) is 0 Å². The van der Waals surface area contributed by atoms with E-state index in [0.29, 0.717) is 14.9 Å². The Bertz CT molecular complexity index is 300. The zero-order chi connectivity index (χ0) is 8.43. The number of hydrogen-bond acceptors (Lipinski definition) is 2. The summed E-state index contributed by atoms with van der Waals surface area (Å²) in [6.45, 7) is 1.76. The molecule has 11 heavy (non-hydrogen) atoms. The van der Waals surface area contributed by atoms with Gasteiger partial charge in [0.25, 0.3) is 0 Å². The smallest absolute Gasteiger partial charge is 0.242 e. The van der Waals surface area contributed by atoms with Crippen molar-refractivity contribution in [3.05, 3.63) is 33.7 Å².